The molecule has 0 saturated heterocycles. The van der Waals surface area contributed by atoms with Crippen molar-refractivity contribution in [3.05, 3.63) is 59.9 Å². The van der Waals surface area contributed by atoms with E-state index in [2.05, 4.69) is 34.8 Å². The quantitative estimate of drug-likeness (QED) is 0.339. The fraction of sp³-hybridized carbons (Fsp3) is 0.360. The molecule has 3 heterocycles. The predicted molar refractivity (Wildman–Crippen MR) is 132 cm³/mol. The van der Waals surface area contributed by atoms with Gasteiger partial charge in [0.2, 0.25) is 0 Å². The van der Waals surface area contributed by atoms with Crippen LogP contribution in [0.1, 0.15) is 29.3 Å². The van der Waals surface area contributed by atoms with Crippen molar-refractivity contribution in [3.63, 3.8) is 0 Å². The third-order valence-corrected chi connectivity index (χ3v) is 7.22. The maximum atomic E-state index is 9.13. The van der Waals surface area contributed by atoms with Gasteiger partial charge in [0.05, 0.1) is 29.6 Å². The summed E-state index contributed by atoms with van der Waals surface area (Å²) in [6.45, 7) is 1.06. The molecule has 8 nitrogen and oxygen atoms in total. The highest BCUT2D eigenvalue weighted by Crippen LogP contribution is 2.37. The van der Waals surface area contributed by atoms with Gasteiger partial charge in [-0.25, -0.2) is 19.7 Å². The molecular formula is C25H27N5O3S. The summed E-state index contributed by atoms with van der Waals surface area (Å²) in [6, 6.07) is 9.99. The predicted octanol–water partition coefficient (Wildman–Crippen LogP) is 4.69. The standard InChI is InChI=1S/C25H27N5O3S/c1-34(2,3)9-8-31-16-30-21-6-5-19(11-20(21)25(29-30)23-14-27-15-32-23)33-22-7-4-18-10-17(12-26)13-28-24(18)22/h5-6,10-11,13-15,22H,4,7-9,16H2,1-3H3. The van der Waals surface area contributed by atoms with Gasteiger partial charge in [0.25, 0.3) is 0 Å². The summed E-state index contributed by atoms with van der Waals surface area (Å²) < 4.78 is 19.7. The van der Waals surface area contributed by atoms with Gasteiger partial charge in [-0.1, -0.05) is 0 Å². The lowest BCUT2D eigenvalue weighted by Crippen LogP contribution is -2.10. The second-order valence-corrected chi connectivity index (χ2v) is 13.8. The number of rotatable bonds is 8. The molecule has 1 aliphatic rings. The lowest BCUT2D eigenvalue weighted by atomic mass is 10.1. The van der Waals surface area contributed by atoms with E-state index in [9.17, 15) is 0 Å². The number of fused-ring (bicyclic) bond motifs is 2. The average molecular weight is 478 g/mol. The monoisotopic (exact) mass is 477 g/mol. The number of hydrogen-bond donors (Lipinski definition) is 0. The molecule has 176 valence electrons. The van der Waals surface area contributed by atoms with Crippen LogP contribution in [0.15, 0.2) is 47.5 Å². The van der Waals surface area contributed by atoms with E-state index in [0.29, 0.717) is 30.4 Å². The highest BCUT2D eigenvalue weighted by molar-refractivity contribution is 8.32. The number of benzene rings is 1. The molecule has 9 heteroatoms. The van der Waals surface area contributed by atoms with Crippen molar-refractivity contribution in [1.82, 2.24) is 19.7 Å². The van der Waals surface area contributed by atoms with Crippen LogP contribution in [0.4, 0.5) is 0 Å². The van der Waals surface area contributed by atoms with E-state index in [4.69, 9.17) is 24.3 Å². The largest absolute Gasteiger partial charge is 0.484 e. The summed E-state index contributed by atoms with van der Waals surface area (Å²) >= 11 is 0. The van der Waals surface area contributed by atoms with Crippen molar-refractivity contribution in [3.8, 4) is 23.3 Å². The molecule has 0 fully saturated rings. The summed E-state index contributed by atoms with van der Waals surface area (Å²) in [5.41, 5.74) is 4.20. The molecule has 0 spiro atoms. The van der Waals surface area contributed by atoms with Gasteiger partial charge >= 0.3 is 0 Å². The fourth-order valence-electron chi connectivity index (χ4n) is 4.08. The van der Waals surface area contributed by atoms with Crippen LogP contribution in [0.2, 0.25) is 0 Å². The van der Waals surface area contributed by atoms with E-state index >= 15 is 0 Å². The lowest BCUT2D eigenvalue weighted by Gasteiger charge is -2.24. The van der Waals surface area contributed by atoms with Crippen LogP contribution in [-0.4, -0.2) is 50.9 Å². The molecule has 0 aliphatic heterocycles. The van der Waals surface area contributed by atoms with Gasteiger partial charge in [-0.05, 0) is 61.4 Å². The van der Waals surface area contributed by atoms with Crippen LogP contribution >= 0.6 is 10.0 Å². The van der Waals surface area contributed by atoms with Crippen LogP contribution in [0, 0.1) is 11.3 Å². The Morgan fingerprint density at radius 2 is 2.12 bits per heavy atom. The first-order valence-electron chi connectivity index (χ1n) is 11.1. The molecular weight excluding hydrogens is 450 g/mol. The molecule has 5 rings (SSSR count). The summed E-state index contributed by atoms with van der Waals surface area (Å²) in [4.78, 5) is 8.54. The van der Waals surface area contributed by atoms with Gasteiger partial charge in [-0.2, -0.15) is 10.4 Å². The van der Waals surface area contributed by atoms with Crippen molar-refractivity contribution in [1.29, 1.82) is 5.26 Å². The zero-order valence-electron chi connectivity index (χ0n) is 19.5. The second kappa shape index (κ2) is 9.12. The summed E-state index contributed by atoms with van der Waals surface area (Å²) in [5.74, 6) is 2.37. The first-order chi connectivity index (χ1) is 16.4. The Kier molecular flexibility index (Phi) is 6.02. The highest BCUT2D eigenvalue weighted by atomic mass is 32.3. The normalized spacial score (nSPS) is 15.9. The van der Waals surface area contributed by atoms with Gasteiger partial charge in [0, 0.05) is 17.3 Å². The molecule has 1 aromatic carbocycles. The third-order valence-electron chi connectivity index (χ3n) is 5.83. The van der Waals surface area contributed by atoms with Crippen molar-refractivity contribution in [2.24, 2.45) is 0 Å². The van der Waals surface area contributed by atoms with E-state index in [-0.39, 0.29) is 6.10 Å². The Balaban J connectivity index is 1.41. The number of ether oxygens (including phenoxy) is 2. The molecule has 0 radical (unpaired) electrons. The van der Waals surface area contributed by atoms with E-state index in [1.54, 1.807) is 12.4 Å². The Labute approximate surface area is 199 Å². The van der Waals surface area contributed by atoms with E-state index in [1.807, 2.05) is 28.9 Å². The summed E-state index contributed by atoms with van der Waals surface area (Å²) in [7, 11) is -0.609. The highest BCUT2D eigenvalue weighted by Gasteiger charge is 2.26. The van der Waals surface area contributed by atoms with E-state index in [0.717, 1.165) is 46.5 Å². The summed E-state index contributed by atoms with van der Waals surface area (Å²) in [5, 5.41) is 14.8. The number of aryl methyl sites for hydroxylation is 1. The zero-order valence-corrected chi connectivity index (χ0v) is 20.3. The Hall–Kier alpha value is -3.35. The van der Waals surface area contributed by atoms with Crippen LogP contribution in [0.3, 0.4) is 0 Å². The molecule has 0 bridgehead atoms. The number of hydrogen-bond acceptors (Lipinski definition) is 7. The number of oxazole rings is 1. The van der Waals surface area contributed by atoms with Crippen molar-refractivity contribution < 1.29 is 13.9 Å². The molecule has 1 unspecified atom stereocenters. The van der Waals surface area contributed by atoms with Crippen LogP contribution in [0.5, 0.6) is 5.75 Å². The van der Waals surface area contributed by atoms with Crippen LogP contribution in [-0.2, 0) is 17.9 Å². The number of nitriles is 1. The molecule has 0 N–H and O–H groups in total. The summed E-state index contributed by atoms with van der Waals surface area (Å²) in [6.07, 6.45) is 13.0. The third kappa shape index (κ3) is 4.65. The number of nitrogens with zero attached hydrogens (tertiary/aromatic N) is 5. The number of aromatic nitrogens is 4. The minimum Gasteiger partial charge on any atom is -0.484 e. The zero-order chi connectivity index (χ0) is 23.7. The molecule has 1 atom stereocenters. The molecule has 1 aliphatic carbocycles. The van der Waals surface area contributed by atoms with Crippen LogP contribution < -0.4 is 4.74 Å². The Morgan fingerprint density at radius 3 is 2.88 bits per heavy atom. The fourth-order valence-corrected chi connectivity index (χ4v) is 4.70. The molecule has 3 aromatic heterocycles. The smallest absolute Gasteiger partial charge is 0.181 e. The lowest BCUT2D eigenvalue weighted by molar-refractivity contribution is 0.0842. The molecule has 0 saturated carbocycles. The van der Waals surface area contributed by atoms with Gasteiger partial charge in [-0.15, -0.1) is 0 Å². The van der Waals surface area contributed by atoms with Crippen molar-refractivity contribution >= 4 is 20.9 Å². The molecule has 0 amide bonds. The van der Waals surface area contributed by atoms with Crippen molar-refractivity contribution in [2.75, 3.05) is 31.1 Å². The first-order valence-corrected chi connectivity index (χ1v) is 14.1. The minimum atomic E-state index is -0.609. The maximum absolute atomic E-state index is 9.13. The Morgan fingerprint density at radius 1 is 1.24 bits per heavy atom. The molecule has 4 aromatic rings. The molecule has 34 heavy (non-hydrogen) atoms. The van der Waals surface area contributed by atoms with Gasteiger partial charge in [0.15, 0.2) is 12.2 Å². The topological polar surface area (TPSA) is 99.0 Å². The Bertz CT molecular complexity index is 1350. The minimum absolute atomic E-state index is 0.146. The van der Waals surface area contributed by atoms with Crippen molar-refractivity contribution in [2.45, 2.75) is 25.7 Å². The van der Waals surface area contributed by atoms with Crippen LogP contribution in [0.25, 0.3) is 22.4 Å². The van der Waals surface area contributed by atoms with E-state index in [1.165, 1.54) is 6.39 Å². The average Bonchev–Trinajstić information content (AvgIpc) is 3.55. The van der Waals surface area contributed by atoms with Gasteiger partial charge in [-0.3, -0.25) is 4.98 Å². The van der Waals surface area contributed by atoms with E-state index < -0.39 is 10.0 Å². The SMILES string of the molecule is CS(C)(C)CCOCn1nc(-c2cnco2)c2cc(OC3CCc4cc(C#N)cnc43)ccc21. The number of pyridine rings is 1. The van der Waals surface area contributed by atoms with Gasteiger partial charge < -0.3 is 13.9 Å². The van der Waals surface area contributed by atoms with Gasteiger partial charge in [0.1, 0.15) is 30.3 Å². The maximum Gasteiger partial charge on any atom is 0.181 e. The first kappa shape index (κ1) is 22.4. The second-order valence-electron chi connectivity index (χ2n) is 9.25.